The van der Waals surface area contributed by atoms with E-state index in [9.17, 15) is 23.2 Å². The molecule has 0 aliphatic carbocycles. The maximum atomic E-state index is 13.3. The SMILES string of the molecule is COC(=O)[C@@H](NC(=O)c1csc(-c2ccc(NC(=O)Nc3ccc(F)c(F)c3)cc2)n1)C(C)C. The van der Waals surface area contributed by atoms with Gasteiger partial charge in [-0.2, -0.15) is 0 Å². The molecule has 0 saturated heterocycles. The van der Waals surface area contributed by atoms with Crippen molar-refractivity contribution in [1.29, 1.82) is 0 Å². The van der Waals surface area contributed by atoms with Crippen LogP contribution in [0, 0.1) is 17.6 Å². The van der Waals surface area contributed by atoms with Crippen molar-refractivity contribution in [2.45, 2.75) is 19.9 Å². The third-order valence-electron chi connectivity index (χ3n) is 4.71. The Balaban J connectivity index is 1.62. The van der Waals surface area contributed by atoms with Gasteiger partial charge < -0.3 is 20.7 Å². The van der Waals surface area contributed by atoms with Crippen LogP contribution < -0.4 is 16.0 Å². The standard InChI is InChI=1S/C23H22F2N4O4S/c1-12(2)19(22(31)33-3)29-20(30)18-11-34-21(28-18)13-4-6-14(7-5-13)26-23(32)27-15-8-9-16(24)17(25)10-15/h4-12,19H,1-3H3,(H,29,30)(H2,26,27,32)/t19-/m0/s1. The van der Waals surface area contributed by atoms with Crippen LogP contribution in [0.3, 0.4) is 0 Å². The second kappa shape index (κ2) is 10.8. The van der Waals surface area contributed by atoms with E-state index >= 15 is 0 Å². The maximum absolute atomic E-state index is 13.3. The molecule has 3 rings (SSSR count). The van der Waals surface area contributed by atoms with Crippen molar-refractivity contribution in [3.8, 4) is 10.6 Å². The number of methoxy groups -OCH3 is 1. The summed E-state index contributed by atoms with van der Waals surface area (Å²) >= 11 is 1.25. The molecule has 1 aromatic heterocycles. The van der Waals surface area contributed by atoms with Crippen molar-refractivity contribution >= 4 is 40.6 Å². The molecule has 0 fully saturated rings. The molecule has 0 aliphatic heterocycles. The second-order valence-electron chi connectivity index (χ2n) is 7.54. The van der Waals surface area contributed by atoms with Gasteiger partial charge in [0, 0.05) is 28.4 Å². The number of amides is 3. The first-order valence-corrected chi connectivity index (χ1v) is 11.0. The number of halogens is 2. The summed E-state index contributed by atoms with van der Waals surface area (Å²) in [5.41, 5.74) is 1.44. The number of aromatic nitrogens is 1. The first kappa shape index (κ1) is 24.8. The molecule has 0 aliphatic rings. The predicted octanol–water partition coefficient (Wildman–Crippen LogP) is 4.66. The van der Waals surface area contributed by atoms with Gasteiger partial charge in [0.05, 0.1) is 7.11 Å². The Labute approximate surface area is 198 Å². The van der Waals surface area contributed by atoms with Crippen molar-refractivity contribution in [1.82, 2.24) is 10.3 Å². The van der Waals surface area contributed by atoms with Gasteiger partial charge in [-0.3, -0.25) is 4.79 Å². The summed E-state index contributed by atoms with van der Waals surface area (Å²) in [7, 11) is 1.26. The zero-order valence-electron chi connectivity index (χ0n) is 18.5. The van der Waals surface area contributed by atoms with Gasteiger partial charge in [-0.25, -0.2) is 23.4 Å². The van der Waals surface area contributed by atoms with Gasteiger partial charge in [0.15, 0.2) is 11.6 Å². The minimum atomic E-state index is -1.07. The number of anilines is 2. The number of urea groups is 1. The molecule has 0 bridgehead atoms. The third-order valence-corrected chi connectivity index (χ3v) is 5.60. The normalized spacial score (nSPS) is 11.6. The number of ether oxygens (including phenoxy) is 1. The van der Waals surface area contributed by atoms with Gasteiger partial charge in [-0.1, -0.05) is 13.8 Å². The van der Waals surface area contributed by atoms with Gasteiger partial charge in [0.25, 0.3) is 5.91 Å². The lowest BCUT2D eigenvalue weighted by atomic mass is 10.0. The second-order valence-corrected chi connectivity index (χ2v) is 8.40. The van der Waals surface area contributed by atoms with Crippen LogP contribution in [0.1, 0.15) is 24.3 Å². The fourth-order valence-corrected chi connectivity index (χ4v) is 3.72. The maximum Gasteiger partial charge on any atom is 0.328 e. The molecule has 2 aromatic carbocycles. The molecule has 3 aromatic rings. The summed E-state index contributed by atoms with van der Waals surface area (Å²) in [5, 5.41) is 9.79. The lowest BCUT2D eigenvalue weighted by molar-refractivity contribution is -0.144. The number of nitrogens with zero attached hydrogens (tertiary/aromatic N) is 1. The number of nitrogens with one attached hydrogen (secondary N) is 3. The number of hydrogen-bond donors (Lipinski definition) is 3. The first-order valence-electron chi connectivity index (χ1n) is 10.2. The summed E-state index contributed by atoms with van der Waals surface area (Å²) in [6, 6.07) is 8.30. The highest BCUT2D eigenvalue weighted by molar-refractivity contribution is 7.13. The number of carbonyl (C=O) groups excluding carboxylic acids is 3. The average Bonchev–Trinajstić information content (AvgIpc) is 3.30. The molecule has 11 heteroatoms. The lowest BCUT2D eigenvalue weighted by Gasteiger charge is -2.19. The van der Waals surface area contributed by atoms with Crippen LogP contribution in [0.5, 0.6) is 0 Å². The van der Waals surface area contributed by atoms with Gasteiger partial charge in [-0.15, -0.1) is 11.3 Å². The van der Waals surface area contributed by atoms with E-state index in [0.717, 1.165) is 12.1 Å². The summed E-state index contributed by atoms with van der Waals surface area (Å²) in [4.78, 5) is 40.8. The Morgan fingerprint density at radius 1 is 0.971 bits per heavy atom. The molecule has 178 valence electrons. The van der Waals surface area contributed by atoms with Crippen molar-refractivity contribution < 1.29 is 27.9 Å². The Morgan fingerprint density at radius 2 is 1.62 bits per heavy atom. The topological polar surface area (TPSA) is 109 Å². The fraction of sp³-hybridized carbons (Fsp3) is 0.217. The largest absolute Gasteiger partial charge is 0.467 e. The fourth-order valence-electron chi connectivity index (χ4n) is 2.91. The average molecular weight is 489 g/mol. The predicted molar refractivity (Wildman–Crippen MR) is 125 cm³/mol. The molecule has 0 saturated carbocycles. The molecule has 34 heavy (non-hydrogen) atoms. The highest BCUT2D eigenvalue weighted by Gasteiger charge is 2.26. The number of benzene rings is 2. The summed E-state index contributed by atoms with van der Waals surface area (Å²) < 4.78 is 31.0. The monoisotopic (exact) mass is 488 g/mol. The molecule has 8 nitrogen and oxygen atoms in total. The number of hydrogen-bond acceptors (Lipinski definition) is 6. The molecule has 1 atom stereocenters. The zero-order chi connectivity index (χ0) is 24.8. The van der Waals surface area contributed by atoms with Crippen LogP contribution in [-0.4, -0.2) is 36.0 Å². The Hall–Kier alpha value is -3.86. The number of thiazole rings is 1. The van der Waals surface area contributed by atoms with Crippen LogP contribution >= 0.6 is 11.3 Å². The van der Waals surface area contributed by atoms with E-state index in [4.69, 9.17) is 4.74 Å². The summed E-state index contributed by atoms with van der Waals surface area (Å²) in [5.74, 6) is -3.25. The lowest BCUT2D eigenvalue weighted by Crippen LogP contribution is -2.45. The van der Waals surface area contributed by atoms with Crippen molar-refractivity contribution in [2.75, 3.05) is 17.7 Å². The minimum Gasteiger partial charge on any atom is -0.467 e. The Morgan fingerprint density at radius 3 is 2.24 bits per heavy atom. The smallest absolute Gasteiger partial charge is 0.328 e. The van der Waals surface area contributed by atoms with Crippen molar-refractivity contribution in [3.05, 3.63) is 65.2 Å². The highest BCUT2D eigenvalue weighted by atomic mass is 32.1. The highest BCUT2D eigenvalue weighted by Crippen LogP contribution is 2.25. The van der Waals surface area contributed by atoms with Crippen LogP contribution in [0.15, 0.2) is 47.8 Å². The van der Waals surface area contributed by atoms with Crippen molar-refractivity contribution in [2.24, 2.45) is 5.92 Å². The van der Waals surface area contributed by atoms with E-state index in [2.05, 4.69) is 20.9 Å². The van der Waals surface area contributed by atoms with E-state index in [-0.39, 0.29) is 17.3 Å². The molecule has 0 spiro atoms. The Kier molecular flexibility index (Phi) is 7.90. The summed E-state index contributed by atoms with van der Waals surface area (Å²) in [6.45, 7) is 3.59. The molecule has 0 radical (unpaired) electrons. The van der Waals surface area contributed by atoms with E-state index < -0.39 is 35.6 Å². The van der Waals surface area contributed by atoms with E-state index in [0.29, 0.717) is 16.3 Å². The molecule has 1 heterocycles. The van der Waals surface area contributed by atoms with Crippen LogP contribution in [0.2, 0.25) is 0 Å². The number of rotatable bonds is 7. The number of carbonyl (C=O) groups is 3. The molecule has 0 unspecified atom stereocenters. The molecular weight excluding hydrogens is 466 g/mol. The van der Waals surface area contributed by atoms with E-state index in [1.165, 1.54) is 24.5 Å². The minimum absolute atomic E-state index is 0.105. The Bertz CT molecular complexity index is 1200. The molecule has 3 amide bonds. The quantitative estimate of drug-likeness (QED) is 0.419. The number of esters is 1. The summed E-state index contributed by atoms with van der Waals surface area (Å²) in [6.07, 6.45) is 0. The zero-order valence-corrected chi connectivity index (χ0v) is 19.3. The third kappa shape index (κ3) is 6.13. The van der Waals surface area contributed by atoms with Crippen LogP contribution in [0.25, 0.3) is 10.6 Å². The van der Waals surface area contributed by atoms with E-state index in [1.54, 1.807) is 43.5 Å². The molecule has 3 N–H and O–H groups in total. The van der Waals surface area contributed by atoms with Crippen LogP contribution in [-0.2, 0) is 9.53 Å². The van der Waals surface area contributed by atoms with Gasteiger partial charge in [0.2, 0.25) is 0 Å². The molecular formula is C23H22F2N4O4S. The van der Waals surface area contributed by atoms with Gasteiger partial charge in [0.1, 0.15) is 16.7 Å². The van der Waals surface area contributed by atoms with E-state index in [1.807, 2.05) is 0 Å². The van der Waals surface area contributed by atoms with Gasteiger partial charge in [-0.05, 0) is 42.3 Å². The first-order chi connectivity index (χ1) is 16.2. The van der Waals surface area contributed by atoms with Crippen LogP contribution in [0.4, 0.5) is 25.0 Å². The van der Waals surface area contributed by atoms with Crippen molar-refractivity contribution in [3.63, 3.8) is 0 Å². The van der Waals surface area contributed by atoms with Gasteiger partial charge >= 0.3 is 12.0 Å².